The normalized spacial score (nSPS) is 37.9. The number of hydrogen-bond donors (Lipinski definition) is 0. The highest BCUT2D eigenvalue weighted by Crippen LogP contribution is 2.32. The third-order valence-electron chi connectivity index (χ3n) is 3.54. The fourth-order valence-electron chi connectivity index (χ4n) is 2.71. The number of ether oxygens (including phenoxy) is 1. The maximum atomic E-state index is 12.2. The van der Waals surface area contributed by atoms with Crippen LogP contribution in [0.1, 0.15) is 19.3 Å². The summed E-state index contributed by atoms with van der Waals surface area (Å²) in [6.07, 6.45) is 3.02. The van der Waals surface area contributed by atoms with Gasteiger partial charge in [0.2, 0.25) is 0 Å². The number of nitrogens with zero attached hydrogens (tertiary/aromatic N) is 2. The van der Waals surface area contributed by atoms with Gasteiger partial charge in [0.15, 0.2) is 0 Å². The summed E-state index contributed by atoms with van der Waals surface area (Å²) < 4.78 is 33.1. The summed E-state index contributed by atoms with van der Waals surface area (Å²) in [5.74, 6) is 0. The molecule has 0 aromatic rings. The van der Waals surface area contributed by atoms with Crippen molar-refractivity contribution in [1.29, 1.82) is 0 Å². The first-order valence-corrected chi connectivity index (χ1v) is 6.96. The van der Waals surface area contributed by atoms with Crippen molar-refractivity contribution in [3.05, 3.63) is 0 Å². The standard InChI is InChI=1S/C9H16N2O3S/c12-15(13,10-3-1-2-4-10)11-6-9-5-8(11)7-14-9/h8-9H,1-7H2. The van der Waals surface area contributed by atoms with Crippen molar-refractivity contribution in [2.45, 2.75) is 31.4 Å². The third kappa shape index (κ3) is 1.51. The van der Waals surface area contributed by atoms with Gasteiger partial charge in [0.1, 0.15) is 0 Å². The Hall–Kier alpha value is -0.170. The third-order valence-corrected chi connectivity index (χ3v) is 5.60. The van der Waals surface area contributed by atoms with E-state index in [0.29, 0.717) is 26.2 Å². The second-order valence-electron chi connectivity index (χ2n) is 4.53. The van der Waals surface area contributed by atoms with Crippen LogP contribution in [-0.4, -0.2) is 55.4 Å². The highest BCUT2D eigenvalue weighted by atomic mass is 32.2. The quantitative estimate of drug-likeness (QED) is 0.662. The van der Waals surface area contributed by atoms with Gasteiger partial charge in [-0.3, -0.25) is 0 Å². The van der Waals surface area contributed by atoms with Gasteiger partial charge in [-0.1, -0.05) is 0 Å². The molecule has 3 heterocycles. The van der Waals surface area contributed by atoms with Gasteiger partial charge in [0.05, 0.1) is 18.8 Å². The Morgan fingerprint density at radius 2 is 1.93 bits per heavy atom. The van der Waals surface area contributed by atoms with Gasteiger partial charge in [-0.2, -0.15) is 17.0 Å². The van der Waals surface area contributed by atoms with Crippen molar-refractivity contribution in [3.63, 3.8) is 0 Å². The minimum atomic E-state index is -3.18. The Bertz CT molecular complexity index is 350. The molecular weight excluding hydrogens is 216 g/mol. The monoisotopic (exact) mass is 232 g/mol. The van der Waals surface area contributed by atoms with Crippen LogP contribution in [0.3, 0.4) is 0 Å². The van der Waals surface area contributed by atoms with E-state index < -0.39 is 10.2 Å². The van der Waals surface area contributed by atoms with Crippen LogP contribution in [0.25, 0.3) is 0 Å². The molecule has 0 amide bonds. The zero-order valence-electron chi connectivity index (χ0n) is 8.63. The second kappa shape index (κ2) is 3.41. The van der Waals surface area contributed by atoms with E-state index in [0.717, 1.165) is 19.3 Å². The van der Waals surface area contributed by atoms with Gasteiger partial charge in [0, 0.05) is 19.6 Å². The summed E-state index contributed by atoms with van der Waals surface area (Å²) in [5, 5.41) is 0. The van der Waals surface area contributed by atoms with Crippen LogP contribution in [-0.2, 0) is 14.9 Å². The van der Waals surface area contributed by atoms with Crippen LogP contribution in [0.15, 0.2) is 0 Å². The van der Waals surface area contributed by atoms with Gasteiger partial charge < -0.3 is 4.74 Å². The van der Waals surface area contributed by atoms with E-state index in [-0.39, 0.29) is 12.1 Å². The number of morpholine rings is 1. The lowest BCUT2D eigenvalue weighted by atomic mass is 10.3. The first-order chi connectivity index (χ1) is 7.18. The zero-order chi connectivity index (χ0) is 10.5. The van der Waals surface area contributed by atoms with Crippen molar-refractivity contribution >= 4 is 10.2 Å². The fourth-order valence-corrected chi connectivity index (χ4v) is 4.61. The van der Waals surface area contributed by atoms with Crippen LogP contribution in [0.4, 0.5) is 0 Å². The molecular formula is C9H16N2O3S. The van der Waals surface area contributed by atoms with Crippen molar-refractivity contribution in [2.24, 2.45) is 0 Å². The van der Waals surface area contributed by atoms with E-state index in [2.05, 4.69) is 0 Å². The molecule has 86 valence electrons. The zero-order valence-corrected chi connectivity index (χ0v) is 9.45. The molecule has 15 heavy (non-hydrogen) atoms. The summed E-state index contributed by atoms with van der Waals surface area (Å²) in [4.78, 5) is 0. The maximum absolute atomic E-state index is 12.2. The highest BCUT2D eigenvalue weighted by Gasteiger charge is 2.47. The Kier molecular flexibility index (Phi) is 2.28. The molecule has 2 unspecified atom stereocenters. The Balaban J connectivity index is 1.81. The minimum Gasteiger partial charge on any atom is -0.375 e. The number of rotatable bonds is 2. The molecule has 3 aliphatic rings. The van der Waals surface area contributed by atoms with E-state index in [1.54, 1.807) is 8.61 Å². The average molecular weight is 232 g/mol. The van der Waals surface area contributed by atoms with Crippen LogP contribution in [0.5, 0.6) is 0 Å². The summed E-state index contributed by atoms with van der Waals surface area (Å²) in [6, 6.07) is 0.0978. The van der Waals surface area contributed by atoms with E-state index in [1.165, 1.54) is 0 Å². The highest BCUT2D eigenvalue weighted by molar-refractivity contribution is 7.86. The molecule has 0 aliphatic carbocycles. The van der Waals surface area contributed by atoms with Gasteiger partial charge in [-0.15, -0.1) is 0 Å². The molecule has 0 radical (unpaired) electrons. The maximum Gasteiger partial charge on any atom is 0.282 e. The summed E-state index contributed by atoms with van der Waals surface area (Å²) in [5.41, 5.74) is 0. The molecule has 0 aromatic carbocycles. The number of fused-ring (bicyclic) bond motifs is 2. The smallest absolute Gasteiger partial charge is 0.282 e. The summed E-state index contributed by atoms with van der Waals surface area (Å²) >= 11 is 0. The predicted octanol–water partition coefficient (Wildman–Crippen LogP) is -0.200. The molecule has 3 fully saturated rings. The molecule has 2 bridgehead atoms. The van der Waals surface area contributed by atoms with Crippen LogP contribution in [0.2, 0.25) is 0 Å². The number of hydrogen-bond acceptors (Lipinski definition) is 3. The molecule has 0 spiro atoms. The van der Waals surface area contributed by atoms with Gasteiger partial charge in [-0.05, 0) is 19.3 Å². The average Bonchev–Trinajstić information content (AvgIpc) is 2.94. The molecule has 6 heteroatoms. The summed E-state index contributed by atoms with van der Waals surface area (Å²) in [6.45, 7) is 2.52. The molecule has 0 N–H and O–H groups in total. The van der Waals surface area contributed by atoms with E-state index in [4.69, 9.17) is 4.74 Å². The SMILES string of the molecule is O=S(=O)(N1CCCC1)N1CC2CC1CO2. The first kappa shape index (κ1) is 10.0. The largest absolute Gasteiger partial charge is 0.375 e. The van der Waals surface area contributed by atoms with E-state index >= 15 is 0 Å². The predicted molar refractivity (Wildman–Crippen MR) is 54.6 cm³/mol. The molecule has 0 saturated carbocycles. The lowest BCUT2D eigenvalue weighted by Gasteiger charge is -2.29. The van der Waals surface area contributed by atoms with Gasteiger partial charge in [-0.25, -0.2) is 0 Å². The van der Waals surface area contributed by atoms with Crippen LogP contribution >= 0.6 is 0 Å². The fraction of sp³-hybridized carbons (Fsp3) is 1.00. The van der Waals surface area contributed by atoms with Crippen molar-refractivity contribution in [1.82, 2.24) is 8.61 Å². The first-order valence-electron chi connectivity index (χ1n) is 5.56. The molecule has 5 nitrogen and oxygen atoms in total. The van der Waals surface area contributed by atoms with Crippen molar-refractivity contribution in [2.75, 3.05) is 26.2 Å². The molecule has 3 saturated heterocycles. The van der Waals surface area contributed by atoms with Crippen molar-refractivity contribution < 1.29 is 13.2 Å². The molecule has 3 aliphatic heterocycles. The molecule has 2 atom stereocenters. The lowest BCUT2D eigenvalue weighted by Crippen LogP contribution is -2.48. The van der Waals surface area contributed by atoms with Crippen LogP contribution < -0.4 is 0 Å². The Labute approximate surface area is 90.2 Å². The topological polar surface area (TPSA) is 49.9 Å². The van der Waals surface area contributed by atoms with Crippen molar-refractivity contribution in [3.8, 4) is 0 Å². The minimum absolute atomic E-state index is 0.0978. The lowest BCUT2D eigenvalue weighted by molar-refractivity contribution is 0.0589. The molecule has 0 aromatic heterocycles. The Morgan fingerprint density at radius 3 is 2.47 bits per heavy atom. The van der Waals surface area contributed by atoms with Crippen LogP contribution in [0, 0.1) is 0 Å². The van der Waals surface area contributed by atoms with Gasteiger partial charge in [0.25, 0.3) is 10.2 Å². The summed E-state index contributed by atoms with van der Waals surface area (Å²) in [7, 11) is -3.18. The van der Waals surface area contributed by atoms with E-state index in [1.807, 2.05) is 0 Å². The second-order valence-corrected chi connectivity index (χ2v) is 6.41. The Morgan fingerprint density at radius 1 is 1.20 bits per heavy atom. The van der Waals surface area contributed by atoms with E-state index in [9.17, 15) is 8.42 Å². The molecule has 3 rings (SSSR count). The van der Waals surface area contributed by atoms with Gasteiger partial charge >= 0.3 is 0 Å².